The first-order valence-electron chi connectivity index (χ1n) is 8.70. The molecule has 1 N–H and O–H groups in total. The molecular formula is C19H31ClN2O2. The molecule has 0 aromatic heterocycles. The van der Waals surface area contributed by atoms with Crippen LogP contribution in [0.25, 0.3) is 0 Å². The molecule has 0 aliphatic carbocycles. The molecule has 1 fully saturated rings. The van der Waals surface area contributed by atoms with Crippen molar-refractivity contribution in [3.05, 3.63) is 29.8 Å². The molecule has 1 heterocycles. The number of methoxy groups -OCH3 is 1. The summed E-state index contributed by atoms with van der Waals surface area (Å²) < 4.78 is 5.27. The van der Waals surface area contributed by atoms with Crippen molar-refractivity contribution in [1.29, 1.82) is 0 Å². The molecule has 136 valence electrons. The Labute approximate surface area is 152 Å². The molecule has 1 atom stereocenters. The summed E-state index contributed by atoms with van der Waals surface area (Å²) >= 11 is 0. The molecule has 1 amide bonds. The van der Waals surface area contributed by atoms with E-state index in [1.165, 1.54) is 12.0 Å². The summed E-state index contributed by atoms with van der Waals surface area (Å²) in [5.74, 6) is 2.13. The summed E-state index contributed by atoms with van der Waals surface area (Å²) in [6.07, 6.45) is 4.08. The molecule has 0 spiro atoms. The van der Waals surface area contributed by atoms with E-state index in [-0.39, 0.29) is 24.2 Å². The van der Waals surface area contributed by atoms with Crippen molar-refractivity contribution in [2.75, 3.05) is 33.8 Å². The van der Waals surface area contributed by atoms with E-state index < -0.39 is 0 Å². The van der Waals surface area contributed by atoms with E-state index in [0.717, 1.165) is 44.1 Å². The van der Waals surface area contributed by atoms with Gasteiger partial charge in [0.2, 0.25) is 5.91 Å². The first-order valence-corrected chi connectivity index (χ1v) is 8.70. The minimum Gasteiger partial charge on any atom is -0.497 e. The second-order valence-electron chi connectivity index (χ2n) is 6.60. The van der Waals surface area contributed by atoms with E-state index in [0.29, 0.717) is 6.42 Å². The van der Waals surface area contributed by atoms with Crippen LogP contribution in [0.15, 0.2) is 24.3 Å². The van der Waals surface area contributed by atoms with Crippen LogP contribution < -0.4 is 10.1 Å². The molecule has 1 unspecified atom stereocenters. The number of benzene rings is 1. The van der Waals surface area contributed by atoms with Gasteiger partial charge >= 0.3 is 0 Å². The van der Waals surface area contributed by atoms with Crippen molar-refractivity contribution in [1.82, 2.24) is 10.2 Å². The van der Waals surface area contributed by atoms with E-state index in [1.54, 1.807) is 7.11 Å². The van der Waals surface area contributed by atoms with Crippen molar-refractivity contribution in [2.45, 2.75) is 38.5 Å². The largest absolute Gasteiger partial charge is 0.497 e. The van der Waals surface area contributed by atoms with E-state index in [9.17, 15) is 4.79 Å². The first kappa shape index (κ1) is 20.8. The van der Waals surface area contributed by atoms with Gasteiger partial charge in [-0.15, -0.1) is 12.4 Å². The quantitative estimate of drug-likeness (QED) is 0.815. The summed E-state index contributed by atoms with van der Waals surface area (Å²) in [6.45, 7) is 5.02. The second kappa shape index (κ2) is 10.6. The van der Waals surface area contributed by atoms with Gasteiger partial charge in [0, 0.05) is 19.5 Å². The van der Waals surface area contributed by atoms with Crippen LogP contribution >= 0.6 is 12.4 Å². The topological polar surface area (TPSA) is 41.6 Å². The number of halogens is 1. The molecule has 1 aliphatic rings. The average molecular weight is 355 g/mol. The van der Waals surface area contributed by atoms with Crippen LogP contribution in [0, 0.1) is 5.92 Å². The highest BCUT2D eigenvalue weighted by molar-refractivity contribution is 5.85. The molecule has 2 rings (SSSR count). The third-order valence-corrected chi connectivity index (χ3v) is 4.91. The summed E-state index contributed by atoms with van der Waals surface area (Å²) in [6, 6.07) is 8.03. The van der Waals surface area contributed by atoms with Gasteiger partial charge in [0.25, 0.3) is 0 Å². The predicted octanol–water partition coefficient (Wildman–Crippen LogP) is 3.46. The maximum absolute atomic E-state index is 12.5. The fraction of sp³-hybridized carbons (Fsp3) is 0.632. The minimum atomic E-state index is 0. The summed E-state index contributed by atoms with van der Waals surface area (Å²) in [5, 5.41) is 3.21. The van der Waals surface area contributed by atoms with Gasteiger partial charge in [-0.3, -0.25) is 4.79 Å². The maximum Gasteiger partial charge on any atom is 0.223 e. The zero-order valence-electron chi connectivity index (χ0n) is 15.1. The van der Waals surface area contributed by atoms with Crippen LogP contribution in [0.4, 0.5) is 0 Å². The smallest absolute Gasteiger partial charge is 0.223 e. The van der Waals surface area contributed by atoms with Crippen LogP contribution in [0.1, 0.15) is 44.1 Å². The molecule has 1 aromatic rings. The lowest BCUT2D eigenvalue weighted by Gasteiger charge is -2.32. The van der Waals surface area contributed by atoms with E-state index >= 15 is 0 Å². The van der Waals surface area contributed by atoms with Crippen LogP contribution in [-0.2, 0) is 4.79 Å². The predicted molar refractivity (Wildman–Crippen MR) is 101 cm³/mol. The fourth-order valence-electron chi connectivity index (χ4n) is 3.28. The minimum absolute atomic E-state index is 0. The van der Waals surface area contributed by atoms with Crippen LogP contribution in [0.3, 0.4) is 0 Å². The summed E-state index contributed by atoms with van der Waals surface area (Å²) in [7, 11) is 3.67. The Hall–Kier alpha value is -1.26. The Morgan fingerprint density at radius 2 is 2.08 bits per heavy atom. The molecule has 0 saturated carbocycles. The van der Waals surface area contributed by atoms with Gasteiger partial charge in [-0.05, 0) is 62.4 Å². The molecule has 4 nitrogen and oxygen atoms in total. The normalized spacial score (nSPS) is 16.4. The number of amides is 1. The first-order chi connectivity index (χ1) is 11.1. The van der Waals surface area contributed by atoms with Crippen LogP contribution in [0.2, 0.25) is 0 Å². The third kappa shape index (κ3) is 5.99. The van der Waals surface area contributed by atoms with Gasteiger partial charge in [0.1, 0.15) is 5.75 Å². The second-order valence-corrected chi connectivity index (χ2v) is 6.60. The number of hydrogen-bond donors (Lipinski definition) is 1. The average Bonchev–Trinajstić information content (AvgIpc) is 2.60. The highest BCUT2D eigenvalue weighted by Crippen LogP contribution is 2.26. The number of piperidine rings is 1. The Kier molecular flexibility index (Phi) is 9.16. The number of rotatable bonds is 7. The molecular weight excluding hydrogens is 324 g/mol. The SMILES string of the molecule is CNCCC1CCN(C(=O)CC(C)c2cccc(OC)c2)CC1.Cl. The van der Waals surface area contributed by atoms with Crippen molar-refractivity contribution in [3.63, 3.8) is 0 Å². The maximum atomic E-state index is 12.5. The Morgan fingerprint density at radius 3 is 2.71 bits per heavy atom. The molecule has 1 saturated heterocycles. The highest BCUT2D eigenvalue weighted by Gasteiger charge is 2.23. The number of likely N-dealkylation sites (tertiary alicyclic amines) is 1. The summed E-state index contributed by atoms with van der Waals surface area (Å²) in [5.41, 5.74) is 1.17. The monoisotopic (exact) mass is 354 g/mol. The molecule has 5 heteroatoms. The third-order valence-electron chi connectivity index (χ3n) is 4.91. The number of nitrogens with zero attached hydrogens (tertiary/aromatic N) is 1. The van der Waals surface area contributed by atoms with Gasteiger partial charge < -0.3 is 15.0 Å². The van der Waals surface area contributed by atoms with Gasteiger partial charge in [-0.1, -0.05) is 19.1 Å². The number of carbonyl (C=O) groups excluding carboxylic acids is 1. The van der Waals surface area contributed by atoms with Crippen molar-refractivity contribution in [2.24, 2.45) is 5.92 Å². The number of nitrogens with one attached hydrogen (secondary N) is 1. The lowest BCUT2D eigenvalue weighted by Crippen LogP contribution is -2.39. The van der Waals surface area contributed by atoms with Crippen LogP contribution in [-0.4, -0.2) is 44.6 Å². The van der Waals surface area contributed by atoms with Crippen molar-refractivity contribution >= 4 is 18.3 Å². The molecule has 24 heavy (non-hydrogen) atoms. The Morgan fingerprint density at radius 1 is 1.38 bits per heavy atom. The fourth-order valence-corrected chi connectivity index (χ4v) is 3.28. The Balaban J connectivity index is 0.00000288. The van der Waals surface area contributed by atoms with E-state index in [2.05, 4.69) is 18.3 Å². The molecule has 1 aromatic carbocycles. The van der Waals surface area contributed by atoms with Gasteiger partial charge in [0.15, 0.2) is 0 Å². The summed E-state index contributed by atoms with van der Waals surface area (Å²) in [4.78, 5) is 14.6. The Bertz CT molecular complexity index is 502. The molecule has 0 bridgehead atoms. The van der Waals surface area contributed by atoms with Gasteiger partial charge in [0.05, 0.1) is 7.11 Å². The highest BCUT2D eigenvalue weighted by atomic mass is 35.5. The lowest BCUT2D eigenvalue weighted by atomic mass is 9.92. The van der Waals surface area contributed by atoms with E-state index in [1.807, 2.05) is 30.1 Å². The van der Waals surface area contributed by atoms with Crippen molar-refractivity contribution < 1.29 is 9.53 Å². The van der Waals surface area contributed by atoms with Crippen molar-refractivity contribution in [3.8, 4) is 5.75 Å². The van der Waals surface area contributed by atoms with Crippen LogP contribution in [0.5, 0.6) is 5.75 Å². The zero-order valence-corrected chi connectivity index (χ0v) is 15.9. The number of hydrogen-bond acceptors (Lipinski definition) is 3. The standard InChI is InChI=1S/C19H30N2O2.ClH/c1-15(17-5-4-6-18(14-17)23-3)13-19(22)21-11-8-16(9-12-21)7-10-20-2;/h4-6,14-16,20H,7-13H2,1-3H3;1H. The molecule has 1 aliphatic heterocycles. The van der Waals surface area contributed by atoms with E-state index in [4.69, 9.17) is 4.74 Å². The number of ether oxygens (including phenoxy) is 1. The molecule has 0 radical (unpaired) electrons. The van der Waals surface area contributed by atoms with Gasteiger partial charge in [-0.2, -0.15) is 0 Å². The number of carbonyl (C=O) groups is 1. The zero-order chi connectivity index (χ0) is 16.7. The van der Waals surface area contributed by atoms with Gasteiger partial charge in [-0.25, -0.2) is 0 Å². The lowest BCUT2D eigenvalue weighted by molar-refractivity contribution is -0.132.